The van der Waals surface area contributed by atoms with Gasteiger partial charge in [-0.3, -0.25) is 34.0 Å². The van der Waals surface area contributed by atoms with E-state index in [0.29, 0.717) is 55.7 Å². The highest BCUT2D eigenvalue weighted by molar-refractivity contribution is 5.96. The number of halogens is 1. The number of cyclic esters (lactones) is 1. The molecular weight excluding hydrogens is 830 g/mol. The van der Waals surface area contributed by atoms with E-state index in [0.717, 1.165) is 33.2 Å². The van der Waals surface area contributed by atoms with Crippen LogP contribution in [0.15, 0.2) is 73.4 Å². The van der Waals surface area contributed by atoms with Gasteiger partial charge in [0.25, 0.3) is 5.91 Å². The first-order valence-electron chi connectivity index (χ1n) is 22.6. The van der Waals surface area contributed by atoms with Crippen LogP contribution >= 0.6 is 0 Å². The van der Waals surface area contributed by atoms with Crippen molar-refractivity contribution >= 4 is 40.5 Å². The van der Waals surface area contributed by atoms with Gasteiger partial charge >= 0.3 is 5.97 Å². The second kappa shape index (κ2) is 19.7. The molecule has 5 atom stereocenters. The van der Waals surface area contributed by atoms with Gasteiger partial charge in [-0.05, 0) is 91.1 Å². The van der Waals surface area contributed by atoms with Crippen molar-refractivity contribution in [3.05, 3.63) is 90.3 Å². The fraction of sp³-hybridized carbons (Fsp3) is 0.480. The summed E-state index contributed by atoms with van der Waals surface area (Å²) < 4.78 is 28.9. The summed E-state index contributed by atoms with van der Waals surface area (Å²) in [6, 6.07) is 14.6. The average molecular weight is 892 g/mol. The monoisotopic (exact) mass is 891 g/mol. The van der Waals surface area contributed by atoms with Crippen molar-refractivity contribution in [2.24, 2.45) is 17.3 Å². The van der Waals surface area contributed by atoms with Crippen molar-refractivity contribution in [1.82, 2.24) is 35.1 Å². The molecule has 3 aliphatic heterocycles. The highest BCUT2D eigenvalue weighted by Crippen LogP contribution is 2.42. The Bertz CT molecular complexity index is 2470. The van der Waals surface area contributed by atoms with E-state index in [2.05, 4.69) is 28.4 Å². The van der Waals surface area contributed by atoms with Crippen LogP contribution in [-0.2, 0) is 53.1 Å². The molecule has 2 N–H and O–H groups in total. The summed E-state index contributed by atoms with van der Waals surface area (Å²) in [6.45, 7) is 13.4. The second-order valence-electron chi connectivity index (χ2n) is 18.8. The molecule has 4 aromatic rings. The van der Waals surface area contributed by atoms with E-state index in [1.54, 1.807) is 29.8 Å². The topological polar surface area (TPSA) is 155 Å². The zero-order chi connectivity index (χ0) is 46.7. The number of amides is 4. The van der Waals surface area contributed by atoms with Gasteiger partial charge in [-0.2, -0.15) is 0 Å². The molecule has 1 unspecified atom stereocenters. The highest BCUT2D eigenvalue weighted by Gasteiger charge is 2.40. The van der Waals surface area contributed by atoms with Crippen LogP contribution in [0.4, 0.5) is 4.39 Å². The normalized spacial score (nSPS) is 21.1. The quantitative estimate of drug-likeness (QED) is 0.141. The van der Waals surface area contributed by atoms with Crippen LogP contribution in [-0.4, -0.2) is 112 Å². The zero-order valence-corrected chi connectivity index (χ0v) is 38.6. The van der Waals surface area contributed by atoms with E-state index in [-0.39, 0.29) is 43.4 Å². The first-order valence-corrected chi connectivity index (χ1v) is 22.6. The number of hydrogen-bond acceptors (Lipinski definition) is 9. The maximum Gasteiger partial charge on any atom is 0.324 e. The Morgan fingerprint density at radius 3 is 2.57 bits per heavy atom. The van der Waals surface area contributed by atoms with Crippen LogP contribution < -0.4 is 10.7 Å². The second-order valence-corrected chi connectivity index (χ2v) is 18.8. The lowest BCUT2D eigenvalue weighted by Gasteiger charge is -2.37. The summed E-state index contributed by atoms with van der Waals surface area (Å²) in [5.74, 6) is -2.76. The number of nitrogens with one attached hydrogen (secondary N) is 2. The summed E-state index contributed by atoms with van der Waals surface area (Å²) in [4.78, 5) is 76.9. The molecule has 4 amide bonds. The van der Waals surface area contributed by atoms with Gasteiger partial charge in [0, 0.05) is 62.8 Å². The lowest BCUT2D eigenvalue weighted by Crippen LogP contribution is -2.62. The summed E-state index contributed by atoms with van der Waals surface area (Å²) in [7, 11) is 3.20. The lowest BCUT2D eigenvalue weighted by atomic mass is 9.84. The molecule has 5 heterocycles. The smallest absolute Gasteiger partial charge is 0.324 e. The minimum absolute atomic E-state index is 0.0424. The number of ether oxygens (including phenoxy) is 2. The summed E-state index contributed by atoms with van der Waals surface area (Å²) in [5.41, 5.74) is 8.63. The van der Waals surface area contributed by atoms with Crippen molar-refractivity contribution in [3.8, 4) is 22.4 Å². The Labute approximate surface area is 380 Å². The van der Waals surface area contributed by atoms with Crippen LogP contribution in [0.25, 0.3) is 33.3 Å². The summed E-state index contributed by atoms with van der Waals surface area (Å²) >= 11 is 0. The molecule has 7 rings (SSSR count). The molecule has 0 radical (unpaired) electrons. The maximum absolute atomic E-state index is 15.5. The number of aromatic nitrogens is 2. The number of hydrazine groups is 1. The third-order valence-electron chi connectivity index (χ3n) is 13.1. The number of methoxy groups -OCH3 is 1. The predicted molar refractivity (Wildman–Crippen MR) is 245 cm³/mol. The van der Waals surface area contributed by atoms with Gasteiger partial charge in [-0.25, -0.2) is 9.82 Å². The van der Waals surface area contributed by atoms with Crippen molar-refractivity contribution < 1.29 is 37.8 Å². The number of benzene rings is 2. The van der Waals surface area contributed by atoms with Gasteiger partial charge in [0.2, 0.25) is 17.7 Å². The number of likely N-dealkylation sites (tertiary alicyclic amines) is 1. The molecule has 65 heavy (non-hydrogen) atoms. The van der Waals surface area contributed by atoms with Gasteiger partial charge in [0.15, 0.2) is 6.80 Å². The van der Waals surface area contributed by atoms with Crippen molar-refractivity contribution in [2.45, 2.75) is 97.8 Å². The zero-order valence-electron chi connectivity index (χ0n) is 38.6. The maximum atomic E-state index is 15.5. The molecule has 2 aromatic carbocycles. The predicted octanol–water partition coefficient (Wildman–Crippen LogP) is 6.17. The van der Waals surface area contributed by atoms with Crippen LogP contribution in [0.5, 0.6) is 0 Å². The average Bonchev–Trinajstić information content (AvgIpc) is 3.92. The van der Waals surface area contributed by atoms with E-state index in [4.69, 9.17) is 9.47 Å². The van der Waals surface area contributed by atoms with Gasteiger partial charge in [-0.15, -0.1) is 0 Å². The number of likely N-dealkylation sites (N-methyl/N-ethyl adjacent to an activating group) is 1. The fourth-order valence-corrected chi connectivity index (χ4v) is 9.68. The minimum atomic E-state index is -1.09. The SMILES string of the molecule is C=CC(=O)N1CC[C@H](C(=O)N(C)C(C(=O)N[C@H]2Cc3cccc(c3)-c3ccc4c(c3)c(c(-c3cccnc3[C@H](C)OC)n4CF)CC(C)(C)COC(=O)[C@@H]3CCCN(N3)C2=O)C(C)C)C1. The Morgan fingerprint density at radius 1 is 1.08 bits per heavy atom. The molecule has 346 valence electrons. The van der Waals surface area contributed by atoms with Crippen molar-refractivity contribution in [3.63, 3.8) is 0 Å². The van der Waals surface area contributed by atoms with E-state index in [1.165, 1.54) is 16.0 Å². The number of hydrogen-bond donors (Lipinski definition) is 2. The highest BCUT2D eigenvalue weighted by atomic mass is 19.1. The van der Waals surface area contributed by atoms with Gasteiger partial charge in [-0.1, -0.05) is 64.6 Å². The molecule has 0 aliphatic carbocycles. The molecule has 14 nitrogen and oxygen atoms in total. The number of pyridine rings is 1. The molecular formula is C50H62FN7O7. The van der Waals surface area contributed by atoms with Crippen LogP contribution in [0, 0.1) is 17.3 Å². The van der Waals surface area contributed by atoms with E-state index in [1.807, 2.05) is 83.1 Å². The van der Waals surface area contributed by atoms with E-state index >= 15 is 4.39 Å². The van der Waals surface area contributed by atoms with E-state index < -0.39 is 54.0 Å². The first-order chi connectivity index (χ1) is 31.0. The number of carbonyl (C=O) groups excluding carboxylic acids is 5. The van der Waals surface area contributed by atoms with E-state index in [9.17, 15) is 24.0 Å². The van der Waals surface area contributed by atoms with Gasteiger partial charge in [0.05, 0.1) is 35.5 Å². The number of fused-ring (bicyclic) bond motifs is 6. The molecule has 2 fully saturated rings. The third-order valence-corrected chi connectivity index (χ3v) is 13.1. The number of carbonyl (C=O) groups is 5. The van der Waals surface area contributed by atoms with Crippen molar-refractivity contribution in [1.29, 1.82) is 0 Å². The molecule has 0 spiro atoms. The van der Waals surface area contributed by atoms with Crippen LogP contribution in [0.2, 0.25) is 0 Å². The molecule has 2 saturated heterocycles. The molecule has 6 bridgehead atoms. The number of esters is 1. The lowest BCUT2D eigenvalue weighted by molar-refractivity contribution is -0.155. The molecule has 15 heteroatoms. The Kier molecular flexibility index (Phi) is 14.2. The molecule has 2 aromatic heterocycles. The number of nitrogens with zero attached hydrogens (tertiary/aromatic N) is 5. The largest absolute Gasteiger partial charge is 0.464 e. The summed E-state index contributed by atoms with van der Waals surface area (Å²) in [6.07, 6.45) is 4.48. The van der Waals surface area contributed by atoms with Gasteiger partial charge in [0.1, 0.15) is 18.1 Å². The Balaban J connectivity index is 1.29. The molecule has 3 aliphatic rings. The van der Waals surface area contributed by atoms with Gasteiger partial charge < -0.3 is 29.2 Å². The summed E-state index contributed by atoms with van der Waals surface area (Å²) in [5, 5.41) is 5.26. The van der Waals surface area contributed by atoms with Crippen LogP contribution in [0.3, 0.4) is 0 Å². The Hall–Kier alpha value is -5.93. The first kappa shape index (κ1) is 47.0. The van der Waals surface area contributed by atoms with Crippen LogP contribution in [0.1, 0.15) is 76.8 Å². The minimum Gasteiger partial charge on any atom is -0.464 e. The number of rotatable bonds is 10. The number of alkyl halides is 1. The Morgan fingerprint density at radius 2 is 1.85 bits per heavy atom. The van der Waals surface area contributed by atoms with Crippen molar-refractivity contribution in [2.75, 3.05) is 40.4 Å². The molecule has 0 saturated carbocycles. The third kappa shape index (κ3) is 9.86. The fourth-order valence-electron chi connectivity index (χ4n) is 9.68. The standard InChI is InChI=1S/C50H62FN7O7/c1-9-42(59)56-22-19-35(27-56)47(61)55(7)44(30(2)3)46(60)53-40-24-32-13-10-14-33(23-32)34-17-18-41-37(25-34)38(45(57(41)29-51)36-15-11-20-52-43(36)31(4)64-8)26-50(5,6)28-65-49(63)39-16-12-21-58(54-39)48(40)62/h9-11,13-15,17-18,20,23,25,30-31,35,39-40,44,54H,1,12,16,19,21-22,24,26-29H2,2-8H3,(H,53,60)/t31-,35-,39-,40-,44?/m0/s1.